The molecule has 0 amide bonds. The molecule has 1 N–H and O–H groups in total. The molecule has 1 saturated heterocycles. The van der Waals surface area contributed by atoms with E-state index in [1.165, 1.54) is 18.2 Å². The van der Waals surface area contributed by atoms with Gasteiger partial charge in [0, 0.05) is 44.3 Å². The first-order valence-corrected chi connectivity index (χ1v) is 12.2. The van der Waals surface area contributed by atoms with Crippen molar-refractivity contribution in [3.63, 3.8) is 0 Å². The first-order chi connectivity index (χ1) is 12.6. The van der Waals surface area contributed by atoms with Crippen molar-refractivity contribution in [1.29, 1.82) is 0 Å². The smallest absolute Gasteiger partial charge is 0.177 e. The maximum Gasteiger partial charge on any atom is 0.177 e. The minimum absolute atomic E-state index is 0.121. The van der Waals surface area contributed by atoms with Crippen LogP contribution in [0.15, 0.2) is 46.2 Å². The Morgan fingerprint density at radius 1 is 0.926 bits per heavy atom. The highest BCUT2D eigenvalue weighted by molar-refractivity contribution is 7.91. The van der Waals surface area contributed by atoms with Crippen molar-refractivity contribution >= 4 is 25.4 Å². The van der Waals surface area contributed by atoms with Gasteiger partial charge in [-0.25, -0.2) is 21.2 Å². The minimum Gasteiger partial charge on any atom is -0.368 e. The third-order valence-corrected chi connectivity index (χ3v) is 6.73. The summed E-state index contributed by atoms with van der Waals surface area (Å²) in [5.41, 5.74) is 1.13. The molecule has 146 valence electrons. The average molecular weight is 413 g/mol. The van der Waals surface area contributed by atoms with E-state index < -0.39 is 25.5 Å². The van der Waals surface area contributed by atoms with Crippen molar-refractivity contribution in [3.05, 3.63) is 42.2 Å². The summed E-state index contributed by atoms with van der Waals surface area (Å²) < 4.78 is 62.4. The van der Waals surface area contributed by atoms with Gasteiger partial charge < -0.3 is 10.2 Å². The molecule has 0 spiro atoms. The predicted molar refractivity (Wildman–Crippen MR) is 103 cm³/mol. The molecule has 3 rings (SSSR count). The van der Waals surface area contributed by atoms with Crippen LogP contribution in [0.1, 0.15) is 0 Å². The van der Waals surface area contributed by atoms with Crippen LogP contribution >= 0.6 is 0 Å². The van der Waals surface area contributed by atoms with Crippen molar-refractivity contribution in [2.24, 2.45) is 0 Å². The third kappa shape index (κ3) is 4.31. The highest BCUT2D eigenvalue weighted by Crippen LogP contribution is 2.33. The van der Waals surface area contributed by atoms with Gasteiger partial charge in [-0.3, -0.25) is 0 Å². The van der Waals surface area contributed by atoms with Gasteiger partial charge >= 0.3 is 0 Å². The number of nitrogens with zero attached hydrogens (tertiary/aromatic N) is 1. The Morgan fingerprint density at radius 3 is 2.15 bits per heavy atom. The van der Waals surface area contributed by atoms with E-state index in [1.807, 2.05) is 4.90 Å². The molecular weight excluding hydrogens is 391 g/mol. The van der Waals surface area contributed by atoms with Crippen molar-refractivity contribution in [1.82, 2.24) is 5.32 Å². The van der Waals surface area contributed by atoms with Crippen LogP contribution in [0.2, 0.25) is 0 Å². The summed E-state index contributed by atoms with van der Waals surface area (Å²) >= 11 is 0. The number of hydrogen-bond acceptors (Lipinski definition) is 6. The zero-order chi connectivity index (χ0) is 19.8. The van der Waals surface area contributed by atoms with Crippen LogP contribution in [0.4, 0.5) is 10.1 Å². The number of nitrogens with one attached hydrogen (secondary N) is 1. The van der Waals surface area contributed by atoms with E-state index in [0.717, 1.165) is 31.7 Å². The number of anilines is 1. The lowest BCUT2D eigenvalue weighted by Crippen LogP contribution is -2.44. The van der Waals surface area contributed by atoms with E-state index in [-0.39, 0.29) is 15.4 Å². The molecule has 2 aromatic rings. The molecule has 0 aliphatic carbocycles. The summed E-state index contributed by atoms with van der Waals surface area (Å²) in [6.07, 6.45) is 2.13. The van der Waals surface area contributed by atoms with Crippen molar-refractivity contribution in [3.8, 4) is 11.1 Å². The molecule has 0 bridgehead atoms. The summed E-state index contributed by atoms with van der Waals surface area (Å²) in [5, 5.41) is 3.21. The predicted octanol–water partition coefficient (Wildman–Crippen LogP) is 1.71. The van der Waals surface area contributed by atoms with Gasteiger partial charge in [-0.2, -0.15) is 0 Å². The Kier molecular flexibility index (Phi) is 5.29. The van der Waals surface area contributed by atoms with Crippen LogP contribution in [0.3, 0.4) is 0 Å². The molecular formula is C18H21FN2O4S2. The average Bonchev–Trinajstić information content (AvgIpc) is 2.60. The molecule has 9 heteroatoms. The SMILES string of the molecule is CS(=O)(=O)c1ccc(-c2ccc(N3CCNCC3)c(S(C)(=O)=O)c2)c(F)c1. The molecule has 0 radical (unpaired) electrons. The van der Waals surface area contributed by atoms with E-state index in [0.29, 0.717) is 24.3 Å². The summed E-state index contributed by atoms with van der Waals surface area (Å²) in [6, 6.07) is 8.42. The fourth-order valence-corrected chi connectivity index (χ4v) is 4.66. The number of hydrogen-bond donors (Lipinski definition) is 1. The van der Waals surface area contributed by atoms with Crippen molar-refractivity contribution in [2.75, 3.05) is 43.6 Å². The van der Waals surface area contributed by atoms with Gasteiger partial charge in [0.1, 0.15) is 5.82 Å². The largest absolute Gasteiger partial charge is 0.368 e. The fraction of sp³-hybridized carbons (Fsp3) is 0.333. The normalized spacial score (nSPS) is 15.7. The van der Waals surface area contributed by atoms with E-state index >= 15 is 0 Å². The molecule has 1 aliphatic rings. The maximum atomic E-state index is 14.5. The molecule has 0 saturated carbocycles. The lowest BCUT2D eigenvalue weighted by atomic mass is 10.0. The number of halogens is 1. The molecule has 2 aromatic carbocycles. The molecule has 1 fully saturated rings. The number of sulfone groups is 2. The van der Waals surface area contributed by atoms with Gasteiger partial charge in [0.05, 0.1) is 15.5 Å². The number of benzene rings is 2. The molecule has 6 nitrogen and oxygen atoms in total. The molecule has 0 atom stereocenters. The second-order valence-corrected chi connectivity index (χ2v) is 10.6. The van der Waals surface area contributed by atoms with Crippen LogP contribution in [0.25, 0.3) is 11.1 Å². The summed E-state index contributed by atoms with van der Waals surface area (Å²) in [4.78, 5) is 2.00. The molecule has 27 heavy (non-hydrogen) atoms. The van der Waals surface area contributed by atoms with Gasteiger partial charge in [0.15, 0.2) is 19.7 Å². The number of rotatable bonds is 4. The van der Waals surface area contributed by atoms with Crippen molar-refractivity contribution in [2.45, 2.75) is 9.79 Å². The van der Waals surface area contributed by atoms with Gasteiger partial charge in [-0.1, -0.05) is 12.1 Å². The lowest BCUT2D eigenvalue weighted by Gasteiger charge is -2.31. The van der Waals surface area contributed by atoms with E-state index in [1.54, 1.807) is 12.1 Å². The van der Waals surface area contributed by atoms with Gasteiger partial charge in [0.2, 0.25) is 0 Å². The first-order valence-electron chi connectivity index (χ1n) is 8.37. The molecule has 0 unspecified atom stereocenters. The molecule has 0 aromatic heterocycles. The molecule has 1 aliphatic heterocycles. The highest BCUT2D eigenvalue weighted by atomic mass is 32.2. The van der Waals surface area contributed by atoms with E-state index in [9.17, 15) is 21.2 Å². The zero-order valence-electron chi connectivity index (χ0n) is 15.1. The Morgan fingerprint density at radius 2 is 1.59 bits per heavy atom. The lowest BCUT2D eigenvalue weighted by molar-refractivity contribution is 0.581. The van der Waals surface area contributed by atoms with E-state index in [2.05, 4.69) is 5.32 Å². The van der Waals surface area contributed by atoms with Crippen LogP contribution in [-0.4, -0.2) is 55.5 Å². The Balaban J connectivity index is 2.10. The zero-order valence-corrected chi connectivity index (χ0v) is 16.7. The topological polar surface area (TPSA) is 83.6 Å². The first kappa shape index (κ1) is 19.8. The second-order valence-electron chi connectivity index (χ2n) is 6.61. The quantitative estimate of drug-likeness (QED) is 0.823. The highest BCUT2D eigenvalue weighted by Gasteiger charge is 2.21. The second kappa shape index (κ2) is 7.21. The maximum absolute atomic E-state index is 14.5. The van der Waals surface area contributed by atoms with Crippen LogP contribution in [0, 0.1) is 5.82 Å². The van der Waals surface area contributed by atoms with Crippen molar-refractivity contribution < 1.29 is 21.2 Å². The monoisotopic (exact) mass is 412 g/mol. The van der Waals surface area contributed by atoms with Gasteiger partial charge in [-0.15, -0.1) is 0 Å². The van der Waals surface area contributed by atoms with Gasteiger partial charge in [0.25, 0.3) is 0 Å². The molecule has 1 heterocycles. The fourth-order valence-electron chi connectivity index (χ4n) is 3.11. The van der Waals surface area contributed by atoms with Crippen LogP contribution < -0.4 is 10.2 Å². The summed E-state index contributed by atoms with van der Waals surface area (Å²) in [6.45, 7) is 2.87. The minimum atomic E-state index is -3.54. The van der Waals surface area contributed by atoms with Gasteiger partial charge in [-0.05, 0) is 29.8 Å². The Bertz CT molecular complexity index is 1080. The van der Waals surface area contributed by atoms with Crippen LogP contribution in [-0.2, 0) is 19.7 Å². The summed E-state index contributed by atoms with van der Waals surface area (Å²) in [5.74, 6) is -0.715. The Hall–Kier alpha value is -1.97. The number of piperazine rings is 1. The third-order valence-electron chi connectivity index (χ3n) is 4.50. The van der Waals surface area contributed by atoms with E-state index in [4.69, 9.17) is 0 Å². The Labute approximate surface area is 158 Å². The summed E-state index contributed by atoms with van der Waals surface area (Å²) in [7, 11) is -7.06. The van der Waals surface area contributed by atoms with Crippen LogP contribution in [0.5, 0.6) is 0 Å². The standard InChI is InChI=1S/C18H21FN2O4S2/c1-26(22,23)14-4-5-15(16(19)12-14)13-3-6-17(18(11-13)27(2,24)25)21-9-7-20-8-10-21/h3-6,11-12,20H,7-10H2,1-2H3.